The largest absolute Gasteiger partial charge is 0.481 e. The van der Waals surface area contributed by atoms with Crippen LogP contribution < -0.4 is 5.69 Å². The minimum absolute atomic E-state index is 0.157. The Morgan fingerprint density at radius 3 is 2.08 bits per heavy atom. The van der Waals surface area contributed by atoms with E-state index in [9.17, 15) is 28.0 Å². The molecule has 1 atom stereocenters. The van der Waals surface area contributed by atoms with Crippen molar-refractivity contribution in [2.75, 3.05) is 26.3 Å². The number of aromatic nitrogens is 3. The smallest absolute Gasteiger partial charge is 0.336 e. The average Bonchev–Trinajstić information content (AvgIpc) is 3.54. The van der Waals surface area contributed by atoms with Crippen molar-refractivity contribution >= 4 is 28.9 Å². The molecule has 15 heteroatoms. The second-order valence-corrected chi connectivity index (χ2v) is 14.0. The number of aryl methyl sites for hydroxylation is 2. The molecule has 1 saturated heterocycles. The van der Waals surface area contributed by atoms with Gasteiger partial charge in [0.2, 0.25) is 0 Å². The number of nitrogens with zero attached hydrogens (tertiary/aromatic N) is 4. The lowest BCUT2D eigenvalue weighted by atomic mass is 9.84. The normalized spacial score (nSPS) is 16.8. The number of hydrogen-bond donors (Lipinski definition) is 4. The van der Waals surface area contributed by atoms with Crippen LogP contribution in [0.3, 0.4) is 0 Å². The Hall–Kier alpha value is -4.21. The van der Waals surface area contributed by atoms with Crippen molar-refractivity contribution < 1.29 is 48.3 Å². The van der Waals surface area contributed by atoms with Crippen LogP contribution in [-0.2, 0) is 37.7 Å². The summed E-state index contributed by atoms with van der Waals surface area (Å²) in [5.74, 6) is -6.70. The standard InChI is InChI=1S/C29H40F2N4O2.C6H8O7/c1-7-37-19-29(10-12-33(18-29)28(5,6)22-9-8-21(4)32-16-22)11-13-34-25-14-23(30)24(31)15-26(25)35(27(34)36)17-20(2)3;7-3(8)1-6(13,5(11)12)2-4(9)10/h8-9,14-16,20H,7,10-13,17-19H2,1-6H3;13H,1-2H2,(H,7,8)(H,9,10)(H,11,12). The van der Waals surface area contributed by atoms with Gasteiger partial charge in [-0.15, -0.1) is 0 Å². The molecular weight excluding hydrogens is 658 g/mol. The first-order valence-electron chi connectivity index (χ1n) is 16.5. The summed E-state index contributed by atoms with van der Waals surface area (Å²) < 4.78 is 37.5. The van der Waals surface area contributed by atoms with E-state index in [0.29, 0.717) is 43.8 Å². The van der Waals surface area contributed by atoms with Gasteiger partial charge in [0, 0.05) is 61.2 Å². The highest BCUT2D eigenvalue weighted by Crippen LogP contribution is 2.41. The van der Waals surface area contributed by atoms with E-state index < -0.39 is 48.0 Å². The number of ether oxygens (including phenoxy) is 1. The van der Waals surface area contributed by atoms with E-state index in [1.54, 1.807) is 9.13 Å². The second-order valence-electron chi connectivity index (χ2n) is 14.0. The fourth-order valence-corrected chi connectivity index (χ4v) is 6.27. The predicted octanol–water partition coefficient (Wildman–Crippen LogP) is 4.25. The molecule has 0 spiro atoms. The lowest BCUT2D eigenvalue weighted by Crippen LogP contribution is -2.42. The predicted molar refractivity (Wildman–Crippen MR) is 180 cm³/mol. The number of halogens is 2. The molecule has 0 aliphatic carbocycles. The molecule has 3 heterocycles. The van der Waals surface area contributed by atoms with Gasteiger partial charge in [-0.3, -0.25) is 28.6 Å². The van der Waals surface area contributed by atoms with E-state index in [0.717, 1.165) is 42.9 Å². The maximum Gasteiger partial charge on any atom is 0.336 e. The van der Waals surface area contributed by atoms with Gasteiger partial charge in [0.1, 0.15) is 0 Å². The van der Waals surface area contributed by atoms with Crippen molar-refractivity contribution in [1.82, 2.24) is 19.0 Å². The number of rotatable bonds is 15. The number of benzene rings is 1. The molecule has 0 radical (unpaired) electrons. The molecule has 1 fully saturated rings. The minimum atomic E-state index is -2.74. The highest BCUT2D eigenvalue weighted by atomic mass is 19.2. The Morgan fingerprint density at radius 1 is 1.02 bits per heavy atom. The zero-order chi connectivity index (χ0) is 37.6. The van der Waals surface area contributed by atoms with Gasteiger partial charge in [-0.1, -0.05) is 19.9 Å². The third-order valence-electron chi connectivity index (χ3n) is 9.22. The van der Waals surface area contributed by atoms with Gasteiger partial charge < -0.3 is 25.2 Å². The number of carboxylic acid groups (broad SMARTS) is 3. The van der Waals surface area contributed by atoms with Gasteiger partial charge in [0.05, 0.1) is 30.5 Å². The van der Waals surface area contributed by atoms with Crippen LogP contribution in [0.1, 0.15) is 71.6 Å². The lowest BCUT2D eigenvalue weighted by Gasteiger charge is -2.38. The van der Waals surface area contributed by atoms with E-state index in [1.807, 2.05) is 40.0 Å². The van der Waals surface area contributed by atoms with E-state index >= 15 is 0 Å². The van der Waals surface area contributed by atoms with Crippen LogP contribution in [-0.4, -0.2) is 89.3 Å². The number of hydrogen-bond acceptors (Lipinski definition) is 8. The van der Waals surface area contributed by atoms with Gasteiger partial charge in [-0.2, -0.15) is 0 Å². The third-order valence-corrected chi connectivity index (χ3v) is 9.22. The van der Waals surface area contributed by atoms with Gasteiger partial charge >= 0.3 is 23.6 Å². The molecule has 276 valence electrons. The summed E-state index contributed by atoms with van der Waals surface area (Å²) in [6, 6.07) is 6.49. The number of pyridine rings is 1. The van der Waals surface area contributed by atoms with E-state index in [4.69, 9.17) is 25.2 Å². The molecule has 1 aliphatic heterocycles. The molecule has 4 N–H and O–H groups in total. The summed E-state index contributed by atoms with van der Waals surface area (Å²) in [4.78, 5) is 50.9. The number of aliphatic hydroxyl groups is 1. The van der Waals surface area contributed by atoms with Crippen LogP contribution in [0.5, 0.6) is 0 Å². The fraction of sp³-hybridized carbons (Fsp3) is 0.571. The highest BCUT2D eigenvalue weighted by molar-refractivity contribution is 5.88. The summed E-state index contributed by atoms with van der Waals surface area (Å²) in [6.45, 7) is 16.2. The fourth-order valence-electron chi connectivity index (χ4n) is 6.27. The van der Waals surface area contributed by atoms with Crippen LogP contribution in [0.15, 0.2) is 35.3 Å². The first-order chi connectivity index (χ1) is 23.2. The molecular formula is C35H48F2N4O9. The molecule has 13 nitrogen and oxygen atoms in total. The number of likely N-dealkylation sites (tertiary alicyclic amines) is 1. The summed E-state index contributed by atoms with van der Waals surface area (Å²) in [6.07, 6.45) is 1.29. The van der Waals surface area contributed by atoms with Crippen LogP contribution in [0.4, 0.5) is 8.78 Å². The van der Waals surface area contributed by atoms with Crippen molar-refractivity contribution in [3.8, 4) is 0 Å². The molecule has 1 aromatic carbocycles. The second kappa shape index (κ2) is 16.2. The zero-order valence-corrected chi connectivity index (χ0v) is 29.4. The van der Waals surface area contributed by atoms with Crippen LogP contribution >= 0.6 is 0 Å². The van der Waals surface area contributed by atoms with Gasteiger partial charge in [-0.05, 0) is 64.6 Å². The van der Waals surface area contributed by atoms with Crippen molar-refractivity contribution in [2.45, 2.75) is 91.5 Å². The third kappa shape index (κ3) is 9.52. The van der Waals surface area contributed by atoms with Gasteiger partial charge in [0.25, 0.3) is 0 Å². The number of aliphatic carboxylic acids is 3. The first-order valence-corrected chi connectivity index (χ1v) is 16.5. The number of fused-ring (bicyclic) bond motifs is 1. The molecule has 1 unspecified atom stereocenters. The molecule has 1 aliphatic rings. The quantitative estimate of drug-likeness (QED) is 0.177. The molecule has 50 heavy (non-hydrogen) atoms. The molecule has 3 aromatic rings. The summed E-state index contributed by atoms with van der Waals surface area (Å²) >= 11 is 0. The molecule has 2 aromatic heterocycles. The van der Waals surface area contributed by atoms with Crippen molar-refractivity contribution in [2.24, 2.45) is 11.3 Å². The minimum Gasteiger partial charge on any atom is -0.481 e. The van der Waals surface area contributed by atoms with E-state index in [-0.39, 0.29) is 22.6 Å². The maximum atomic E-state index is 14.3. The molecule has 0 saturated carbocycles. The topological polar surface area (TPSA) is 184 Å². The summed E-state index contributed by atoms with van der Waals surface area (Å²) in [7, 11) is 0. The summed E-state index contributed by atoms with van der Waals surface area (Å²) in [5.41, 5.74) is -0.288. The molecule has 4 rings (SSSR count). The number of carboxylic acids is 3. The van der Waals surface area contributed by atoms with Crippen LogP contribution in [0.25, 0.3) is 11.0 Å². The van der Waals surface area contributed by atoms with Gasteiger partial charge in [-0.25, -0.2) is 18.4 Å². The average molecular weight is 707 g/mol. The first kappa shape index (κ1) is 40.2. The zero-order valence-electron chi connectivity index (χ0n) is 29.4. The van der Waals surface area contributed by atoms with Crippen LogP contribution in [0.2, 0.25) is 0 Å². The summed E-state index contributed by atoms with van der Waals surface area (Å²) in [5, 5.41) is 33.8. The Morgan fingerprint density at radius 2 is 1.60 bits per heavy atom. The Bertz CT molecular complexity index is 1720. The van der Waals surface area contributed by atoms with E-state index in [1.165, 1.54) is 0 Å². The van der Waals surface area contributed by atoms with Crippen molar-refractivity contribution in [3.05, 3.63) is 63.8 Å². The van der Waals surface area contributed by atoms with Crippen molar-refractivity contribution in [3.63, 3.8) is 0 Å². The Labute approximate surface area is 289 Å². The van der Waals surface area contributed by atoms with Crippen molar-refractivity contribution in [1.29, 1.82) is 0 Å². The Balaban J connectivity index is 0.000000442. The van der Waals surface area contributed by atoms with Crippen LogP contribution in [0, 0.1) is 29.9 Å². The molecule has 0 bridgehead atoms. The lowest BCUT2D eigenvalue weighted by molar-refractivity contribution is -0.170. The SMILES string of the molecule is CCOCC1(CCn2c(=O)n(CC(C)C)c3cc(F)c(F)cc32)CCN(C(C)(C)c2ccc(C)nc2)C1.O=C(O)CC(O)(CC(=O)O)C(=O)O. The maximum absolute atomic E-state index is 14.3. The van der Waals surface area contributed by atoms with E-state index in [2.05, 4.69) is 29.8 Å². The molecule has 0 amide bonds. The highest BCUT2D eigenvalue weighted by Gasteiger charge is 2.44. The van der Waals surface area contributed by atoms with Gasteiger partial charge in [0.15, 0.2) is 17.2 Å². The number of carbonyl (C=O) groups is 3. The number of imidazole rings is 1. The monoisotopic (exact) mass is 706 g/mol. The Kier molecular flexibility index (Phi) is 13.0.